The summed E-state index contributed by atoms with van der Waals surface area (Å²) in [5.41, 5.74) is 1.71. The molecular formula is C20H40. The fourth-order valence-electron chi connectivity index (χ4n) is 4.41. The Morgan fingerprint density at radius 3 is 1.00 bits per heavy atom. The summed E-state index contributed by atoms with van der Waals surface area (Å²) in [5.74, 6) is 0. The topological polar surface area (TPSA) is 0 Å². The van der Waals surface area contributed by atoms with E-state index in [1.54, 1.807) is 0 Å². The van der Waals surface area contributed by atoms with Crippen LogP contribution >= 0.6 is 0 Å². The van der Waals surface area contributed by atoms with Crippen LogP contribution in [0, 0.1) is 27.1 Å². The Labute approximate surface area is 129 Å². The van der Waals surface area contributed by atoms with Gasteiger partial charge in [-0.2, -0.15) is 0 Å². The quantitative estimate of drug-likeness (QED) is 0.444. The summed E-state index contributed by atoms with van der Waals surface area (Å²) in [5, 5.41) is 0. The first-order valence-electron chi connectivity index (χ1n) is 8.71. The molecule has 0 amide bonds. The zero-order valence-electron chi connectivity index (χ0n) is 16.0. The summed E-state index contributed by atoms with van der Waals surface area (Å²) < 4.78 is 0. The number of hydrogen-bond acceptors (Lipinski definition) is 0. The Morgan fingerprint density at radius 2 is 0.700 bits per heavy atom. The standard InChI is InChI=1S/C20H40/c1-16(2)14-12-11-13-15-17(3,4)19(7,8)20(9,10)18(16,5)6/h11-15H2,1-10H3. The predicted octanol–water partition coefficient (Wildman–Crippen LogP) is 7.08. The highest BCUT2D eigenvalue weighted by atomic mass is 14.6. The SMILES string of the molecule is CC1(C)CCCCCC(C)(C)C(C)(C)C(C)(C)C1(C)C. The summed E-state index contributed by atoms with van der Waals surface area (Å²) in [4.78, 5) is 0. The molecular weight excluding hydrogens is 240 g/mol. The van der Waals surface area contributed by atoms with Crippen molar-refractivity contribution in [2.75, 3.05) is 0 Å². The van der Waals surface area contributed by atoms with Crippen molar-refractivity contribution >= 4 is 0 Å². The van der Waals surface area contributed by atoms with Crippen molar-refractivity contribution in [3.8, 4) is 0 Å². The van der Waals surface area contributed by atoms with E-state index in [0.29, 0.717) is 27.1 Å². The van der Waals surface area contributed by atoms with E-state index < -0.39 is 0 Å². The van der Waals surface area contributed by atoms with E-state index in [1.807, 2.05) is 0 Å². The van der Waals surface area contributed by atoms with Crippen molar-refractivity contribution in [1.82, 2.24) is 0 Å². The second kappa shape index (κ2) is 5.03. The molecule has 1 saturated carbocycles. The van der Waals surface area contributed by atoms with Gasteiger partial charge in [0.1, 0.15) is 0 Å². The van der Waals surface area contributed by atoms with E-state index in [-0.39, 0.29) is 0 Å². The molecule has 20 heavy (non-hydrogen) atoms. The Kier molecular flexibility index (Phi) is 4.54. The average Bonchev–Trinajstić information content (AvgIpc) is 2.26. The van der Waals surface area contributed by atoms with Crippen LogP contribution in [0.4, 0.5) is 0 Å². The van der Waals surface area contributed by atoms with E-state index in [9.17, 15) is 0 Å². The normalized spacial score (nSPS) is 31.5. The van der Waals surface area contributed by atoms with Gasteiger partial charge >= 0.3 is 0 Å². The Bertz CT molecular complexity index is 307. The van der Waals surface area contributed by atoms with Gasteiger partial charge in [0.2, 0.25) is 0 Å². The van der Waals surface area contributed by atoms with E-state index in [2.05, 4.69) is 69.2 Å². The van der Waals surface area contributed by atoms with Crippen LogP contribution in [0.2, 0.25) is 0 Å². The van der Waals surface area contributed by atoms with Gasteiger partial charge in [0.05, 0.1) is 0 Å². The molecule has 0 bridgehead atoms. The molecule has 0 aromatic carbocycles. The molecule has 0 heterocycles. The van der Waals surface area contributed by atoms with Gasteiger partial charge in [-0.1, -0.05) is 88.5 Å². The molecule has 120 valence electrons. The summed E-state index contributed by atoms with van der Waals surface area (Å²) in [6, 6.07) is 0. The first-order chi connectivity index (χ1) is 8.71. The maximum absolute atomic E-state index is 2.53. The molecule has 1 aliphatic carbocycles. The molecule has 1 aliphatic rings. The van der Waals surface area contributed by atoms with Crippen LogP contribution in [0.1, 0.15) is 101 Å². The molecule has 1 rings (SSSR count). The van der Waals surface area contributed by atoms with Gasteiger partial charge in [-0.25, -0.2) is 0 Å². The van der Waals surface area contributed by atoms with Gasteiger partial charge in [0.25, 0.3) is 0 Å². The van der Waals surface area contributed by atoms with E-state index in [1.165, 1.54) is 32.1 Å². The summed E-state index contributed by atoms with van der Waals surface area (Å²) in [6.45, 7) is 25.1. The molecule has 0 atom stereocenters. The predicted molar refractivity (Wildman–Crippen MR) is 92.0 cm³/mol. The van der Waals surface area contributed by atoms with Gasteiger partial charge in [0.15, 0.2) is 0 Å². The van der Waals surface area contributed by atoms with Gasteiger partial charge in [-0.05, 0) is 39.9 Å². The van der Waals surface area contributed by atoms with Crippen LogP contribution in [0.5, 0.6) is 0 Å². The Hall–Kier alpha value is 0. The molecule has 0 aromatic heterocycles. The smallest absolute Gasteiger partial charge is 0.0242 e. The molecule has 0 spiro atoms. The second-order valence-corrected chi connectivity index (χ2v) is 10.2. The van der Waals surface area contributed by atoms with Gasteiger partial charge in [-0.3, -0.25) is 0 Å². The van der Waals surface area contributed by atoms with E-state index >= 15 is 0 Å². The minimum Gasteiger partial charge on any atom is -0.0594 e. The van der Waals surface area contributed by atoms with Crippen molar-refractivity contribution in [2.45, 2.75) is 101 Å². The van der Waals surface area contributed by atoms with E-state index in [4.69, 9.17) is 0 Å². The fourth-order valence-corrected chi connectivity index (χ4v) is 4.41. The lowest BCUT2D eigenvalue weighted by Crippen LogP contribution is -2.56. The lowest BCUT2D eigenvalue weighted by Gasteiger charge is -2.63. The molecule has 0 unspecified atom stereocenters. The third-order valence-corrected chi connectivity index (χ3v) is 8.61. The van der Waals surface area contributed by atoms with Crippen molar-refractivity contribution in [1.29, 1.82) is 0 Å². The highest BCUT2D eigenvalue weighted by Crippen LogP contribution is 2.66. The second-order valence-electron chi connectivity index (χ2n) is 10.2. The Balaban J connectivity index is 3.40. The van der Waals surface area contributed by atoms with Crippen molar-refractivity contribution in [3.63, 3.8) is 0 Å². The van der Waals surface area contributed by atoms with Gasteiger partial charge < -0.3 is 0 Å². The first-order valence-corrected chi connectivity index (χ1v) is 8.71. The van der Waals surface area contributed by atoms with Gasteiger partial charge in [0, 0.05) is 0 Å². The number of hydrogen-bond donors (Lipinski definition) is 0. The number of rotatable bonds is 0. The third kappa shape index (κ3) is 2.46. The van der Waals surface area contributed by atoms with Crippen molar-refractivity contribution in [2.24, 2.45) is 27.1 Å². The molecule has 0 N–H and O–H groups in total. The lowest BCUT2D eigenvalue weighted by atomic mass is 9.41. The monoisotopic (exact) mass is 280 g/mol. The van der Waals surface area contributed by atoms with Crippen LogP contribution in [0.15, 0.2) is 0 Å². The Morgan fingerprint density at radius 1 is 0.400 bits per heavy atom. The molecule has 0 saturated heterocycles. The average molecular weight is 281 g/mol. The summed E-state index contributed by atoms with van der Waals surface area (Å²) in [6.07, 6.45) is 6.91. The minimum absolute atomic E-state index is 0.296. The van der Waals surface area contributed by atoms with E-state index in [0.717, 1.165) is 0 Å². The minimum atomic E-state index is 0.296. The van der Waals surface area contributed by atoms with Crippen LogP contribution in [0.3, 0.4) is 0 Å². The maximum Gasteiger partial charge on any atom is -0.0242 e. The highest BCUT2D eigenvalue weighted by Gasteiger charge is 2.58. The fraction of sp³-hybridized carbons (Fsp3) is 1.00. The summed E-state index contributed by atoms with van der Waals surface area (Å²) >= 11 is 0. The van der Waals surface area contributed by atoms with Gasteiger partial charge in [-0.15, -0.1) is 0 Å². The molecule has 1 fully saturated rings. The van der Waals surface area contributed by atoms with Crippen LogP contribution < -0.4 is 0 Å². The van der Waals surface area contributed by atoms with Crippen LogP contribution in [0.25, 0.3) is 0 Å². The lowest BCUT2D eigenvalue weighted by molar-refractivity contribution is -0.148. The zero-order chi connectivity index (χ0) is 16.0. The van der Waals surface area contributed by atoms with Crippen LogP contribution in [-0.4, -0.2) is 0 Å². The van der Waals surface area contributed by atoms with Crippen molar-refractivity contribution < 1.29 is 0 Å². The third-order valence-electron chi connectivity index (χ3n) is 8.61. The largest absolute Gasteiger partial charge is 0.0594 e. The molecule has 0 heteroatoms. The summed E-state index contributed by atoms with van der Waals surface area (Å²) in [7, 11) is 0. The first kappa shape index (κ1) is 18.1. The molecule has 0 radical (unpaired) electrons. The molecule has 0 nitrogen and oxygen atoms in total. The highest BCUT2D eigenvalue weighted by molar-refractivity contribution is 5.07. The zero-order valence-corrected chi connectivity index (χ0v) is 16.0. The molecule has 0 aliphatic heterocycles. The van der Waals surface area contributed by atoms with Crippen LogP contribution in [-0.2, 0) is 0 Å². The van der Waals surface area contributed by atoms with Crippen molar-refractivity contribution in [3.05, 3.63) is 0 Å². The molecule has 0 aromatic rings. The maximum atomic E-state index is 2.53.